The fraction of sp³-hybridized carbons (Fsp3) is 0.450. The van der Waals surface area contributed by atoms with E-state index in [4.69, 9.17) is 31.0 Å². The highest BCUT2D eigenvalue weighted by Crippen LogP contribution is 2.44. The first-order valence-corrected chi connectivity index (χ1v) is 28.5. The van der Waals surface area contributed by atoms with E-state index < -0.39 is 35.3 Å². The minimum Gasteiger partial charge on any atom is -0.508 e. The summed E-state index contributed by atoms with van der Waals surface area (Å²) in [5.74, 6) is -1.13. The van der Waals surface area contributed by atoms with Gasteiger partial charge in [0, 0.05) is 50.2 Å². The smallest absolute Gasteiger partial charge is 0.319 e. The number of benzene rings is 4. The Morgan fingerprint density at radius 3 is 2.37 bits per heavy atom. The predicted molar refractivity (Wildman–Crippen MR) is 308 cm³/mol. The van der Waals surface area contributed by atoms with Crippen molar-refractivity contribution in [3.8, 4) is 33.3 Å². The summed E-state index contributed by atoms with van der Waals surface area (Å²) in [7, 11) is 0. The molecule has 3 saturated heterocycles. The van der Waals surface area contributed by atoms with Crippen LogP contribution in [0, 0.1) is 31.0 Å². The molecule has 3 aliphatic rings. The van der Waals surface area contributed by atoms with Crippen LogP contribution in [-0.4, -0.2) is 142 Å². The predicted octanol–water partition coefficient (Wildman–Crippen LogP) is 9.42. The Bertz CT molecular complexity index is 3240. The number of anilines is 1. The third-order valence-electron chi connectivity index (χ3n) is 15.5. The van der Waals surface area contributed by atoms with Gasteiger partial charge in [0.05, 0.1) is 33.8 Å². The van der Waals surface area contributed by atoms with Gasteiger partial charge in [-0.3, -0.25) is 24.1 Å². The standard InChI is InChI=1S/C60H71ClFN9O7S/c1-9-49(74)69-24-26-70(27-25-69)56-45-30-46(61)51(44-29-43(72)28-42-13-10-12-35(2)50(42)44)52(62)53(45)66-59(67-56)78-36(3)31-68-22-19-39(20-23-68)32-77-33-48(73)65-55(60(6,7)8)58(76)71-21-11-14-47(71)57(75)64-37(4)40-15-17-41(18-16-40)54-38(5)63-34-79-54/h9-10,12-13,15-18,28-30,34,36-37,39,47,55,72H,1,11,14,19-27,31-33H2,2-8H3,(H,64,75)(H,65,73)/t36-,37+,47+,55-/m1/s1. The fourth-order valence-electron chi connectivity index (χ4n) is 11.2. The molecule has 4 atom stereocenters. The highest BCUT2D eigenvalue weighted by Gasteiger charge is 2.42. The minimum absolute atomic E-state index is 0.00251. The molecule has 9 rings (SSSR count). The Kier molecular flexibility index (Phi) is 17.5. The van der Waals surface area contributed by atoms with E-state index in [1.807, 2.05) is 101 Å². The highest BCUT2D eigenvalue weighted by molar-refractivity contribution is 7.13. The quantitative estimate of drug-likeness (QED) is 0.0737. The molecular formula is C60H71ClFN9O7S. The molecule has 0 bridgehead atoms. The number of piperazine rings is 1. The maximum atomic E-state index is 17.3. The number of aromatic nitrogens is 3. The van der Waals surface area contributed by atoms with Crippen LogP contribution in [0.1, 0.15) is 83.2 Å². The zero-order chi connectivity index (χ0) is 56.3. The number of carbonyl (C=O) groups excluding carboxylic acids is 4. The molecule has 4 aromatic carbocycles. The molecule has 3 fully saturated rings. The molecule has 0 aliphatic carbocycles. The molecule has 3 aliphatic heterocycles. The van der Waals surface area contributed by atoms with Crippen molar-refractivity contribution < 1.29 is 38.1 Å². The van der Waals surface area contributed by atoms with Crippen LogP contribution in [0.2, 0.25) is 5.02 Å². The first kappa shape index (κ1) is 57.0. The van der Waals surface area contributed by atoms with E-state index >= 15 is 4.39 Å². The number of carbonyl (C=O) groups is 4. The number of aryl methyl sites for hydroxylation is 2. The van der Waals surface area contributed by atoms with Gasteiger partial charge in [0.15, 0.2) is 5.82 Å². The summed E-state index contributed by atoms with van der Waals surface area (Å²) in [6.45, 7) is 21.4. The van der Waals surface area contributed by atoms with Gasteiger partial charge in [0.1, 0.15) is 41.9 Å². The number of halogens is 2. The SMILES string of the molecule is C=CC(=O)N1CCN(c2nc(O[C@H](C)CN3CCC(COCC(=O)N[C@H](C(=O)N4CCC[C@H]4C(=O)N[C@@H](C)c4ccc(-c5scnc5C)cc4)C(C)(C)C)CC3)nc3c(F)c(-c4cc(O)cc5cccc(C)c45)c(Cl)cc23)CC1. The Morgan fingerprint density at radius 2 is 1.68 bits per heavy atom. The number of hydrogen-bond donors (Lipinski definition) is 3. The molecule has 0 unspecified atom stereocenters. The number of fused-ring (bicyclic) bond motifs is 2. The van der Waals surface area contributed by atoms with Crippen molar-refractivity contribution in [2.45, 2.75) is 98.4 Å². The fourth-order valence-corrected chi connectivity index (χ4v) is 12.3. The average Bonchev–Trinajstić information content (AvgIpc) is 4.21. The maximum Gasteiger partial charge on any atom is 0.319 e. The zero-order valence-corrected chi connectivity index (χ0v) is 47.7. The number of hydrogen-bond acceptors (Lipinski definition) is 13. The molecule has 79 heavy (non-hydrogen) atoms. The van der Waals surface area contributed by atoms with Crippen molar-refractivity contribution >= 4 is 74.1 Å². The van der Waals surface area contributed by atoms with Crippen LogP contribution in [0.3, 0.4) is 0 Å². The van der Waals surface area contributed by atoms with Crippen molar-refractivity contribution in [2.75, 3.05) is 70.5 Å². The number of rotatable bonds is 17. The van der Waals surface area contributed by atoms with E-state index in [1.165, 1.54) is 12.1 Å². The van der Waals surface area contributed by atoms with Crippen molar-refractivity contribution in [3.05, 3.63) is 106 Å². The number of ether oxygens (including phenoxy) is 2. The molecule has 6 aromatic rings. The normalized spacial score (nSPS) is 17.7. The van der Waals surface area contributed by atoms with Gasteiger partial charge in [-0.25, -0.2) is 9.37 Å². The summed E-state index contributed by atoms with van der Waals surface area (Å²) in [4.78, 5) is 76.5. The second-order valence-corrected chi connectivity index (χ2v) is 23.6. The summed E-state index contributed by atoms with van der Waals surface area (Å²) < 4.78 is 29.7. The number of phenolic OH excluding ortho intramolecular Hbond substituents is 1. The van der Waals surface area contributed by atoms with E-state index in [9.17, 15) is 24.3 Å². The maximum absolute atomic E-state index is 17.3. The lowest BCUT2D eigenvalue weighted by molar-refractivity contribution is -0.144. The first-order valence-electron chi connectivity index (χ1n) is 27.2. The molecule has 2 aromatic heterocycles. The van der Waals surface area contributed by atoms with Gasteiger partial charge >= 0.3 is 6.01 Å². The molecule has 4 amide bonds. The number of nitrogens with zero attached hydrogens (tertiary/aromatic N) is 7. The van der Waals surface area contributed by atoms with Crippen LogP contribution in [-0.2, 0) is 23.9 Å². The molecule has 0 saturated carbocycles. The number of amides is 4. The second-order valence-electron chi connectivity index (χ2n) is 22.3. The summed E-state index contributed by atoms with van der Waals surface area (Å²) in [6, 6.07) is 16.8. The Morgan fingerprint density at radius 1 is 0.949 bits per heavy atom. The van der Waals surface area contributed by atoms with Gasteiger partial charge in [-0.1, -0.05) is 81.4 Å². The van der Waals surface area contributed by atoms with Gasteiger partial charge in [0.2, 0.25) is 23.6 Å². The van der Waals surface area contributed by atoms with Crippen molar-refractivity contribution in [1.82, 2.24) is 40.3 Å². The Labute approximate surface area is 470 Å². The number of likely N-dealkylation sites (tertiary alicyclic amines) is 2. The van der Waals surface area contributed by atoms with Crippen LogP contribution in [0.5, 0.6) is 11.8 Å². The largest absolute Gasteiger partial charge is 0.508 e. The van der Waals surface area contributed by atoms with Gasteiger partial charge in [-0.05, 0) is 135 Å². The third-order valence-corrected chi connectivity index (χ3v) is 16.8. The van der Waals surface area contributed by atoms with Crippen molar-refractivity contribution in [2.24, 2.45) is 11.3 Å². The van der Waals surface area contributed by atoms with Gasteiger partial charge < -0.3 is 39.9 Å². The topological polar surface area (TPSA) is 183 Å². The zero-order valence-electron chi connectivity index (χ0n) is 46.1. The summed E-state index contributed by atoms with van der Waals surface area (Å²) in [5.41, 5.74) is 5.64. The highest BCUT2D eigenvalue weighted by atomic mass is 35.5. The molecule has 0 spiro atoms. The number of phenols is 1. The number of thiazole rings is 1. The minimum atomic E-state index is -0.869. The number of nitrogens with one attached hydrogen (secondary N) is 2. The summed E-state index contributed by atoms with van der Waals surface area (Å²) in [6.07, 6.45) is 3.75. The molecule has 5 heterocycles. The van der Waals surface area contributed by atoms with E-state index in [0.29, 0.717) is 75.5 Å². The van der Waals surface area contributed by atoms with Crippen LogP contribution in [0.25, 0.3) is 43.2 Å². The lowest BCUT2D eigenvalue weighted by Gasteiger charge is -2.36. The Hall–Kier alpha value is -6.73. The van der Waals surface area contributed by atoms with Gasteiger partial charge in [-0.2, -0.15) is 9.97 Å². The Balaban J connectivity index is 0.791. The molecule has 418 valence electrons. The monoisotopic (exact) mass is 1120 g/mol. The first-order chi connectivity index (χ1) is 37.8. The van der Waals surface area contributed by atoms with Crippen LogP contribution < -0.4 is 20.3 Å². The molecular weight excluding hydrogens is 1050 g/mol. The molecule has 19 heteroatoms. The van der Waals surface area contributed by atoms with Crippen molar-refractivity contribution in [3.63, 3.8) is 0 Å². The molecule has 16 nitrogen and oxygen atoms in total. The lowest BCUT2D eigenvalue weighted by Crippen LogP contribution is -2.58. The van der Waals surface area contributed by atoms with E-state index in [0.717, 1.165) is 64.0 Å². The molecule has 0 radical (unpaired) electrons. The second kappa shape index (κ2) is 24.3. The summed E-state index contributed by atoms with van der Waals surface area (Å²) >= 11 is 8.59. The number of aromatic hydroxyl groups is 1. The summed E-state index contributed by atoms with van der Waals surface area (Å²) in [5, 5.41) is 18.9. The van der Waals surface area contributed by atoms with Gasteiger partial charge in [0.25, 0.3) is 0 Å². The van der Waals surface area contributed by atoms with E-state index in [1.54, 1.807) is 33.3 Å². The van der Waals surface area contributed by atoms with Crippen LogP contribution >= 0.6 is 22.9 Å². The number of piperidine rings is 1. The third kappa shape index (κ3) is 12.8. The van der Waals surface area contributed by atoms with E-state index in [2.05, 4.69) is 27.1 Å². The van der Waals surface area contributed by atoms with Crippen LogP contribution in [0.15, 0.2) is 78.8 Å². The van der Waals surface area contributed by atoms with Crippen LogP contribution in [0.4, 0.5) is 10.2 Å². The lowest BCUT2D eigenvalue weighted by atomic mass is 9.85. The van der Waals surface area contributed by atoms with Crippen molar-refractivity contribution in [1.29, 1.82) is 0 Å². The van der Waals surface area contributed by atoms with E-state index in [-0.39, 0.29) is 64.2 Å². The average molecular weight is 1120 g/mol. The molecule has 3 N–H and O–H groups in total. The van der Waals surface area contributed by atoms with Gasteiger partial charge in [-0.15, -0.1) is 11.3 Å².